The maximum absolute atomic E-state index is 12.7. The summed E-state index contributed by atoms with van der Waals surface area (Å²) in [5.74, 6) is 1.62. The summed E-state index contributed by atoms with van der Waals surface area (Å²) in [4.78, 5) is 6.21. The maximum atomic E-state index is 12.7. The minimum Gasteiger partial charge on any atom is -0.370 e. The second kappa shape index (κ2) is 5.84. The fraction of sp³-hybridized carbons (Fsp3) is 0.333. The van der Waals surface area contributed by atoms with Crippen molar-refractivity contribution in [2.75, 3.05) is 32.1 Å². The largest absolute Gasteiger partial charge is 0.370 e. The standard InChI is InChI=1S/C21H23N3O2S/c1-23(2)27(25,26)17-7-8-21(24-12-15-9-16(15)13-24)18(11-17)20-10-14-5-3-4-6-19(14)22-20/h3-8,10-11,15-16,22H,9,12-13H2,1-2H3. The Hall–Kier alpha value is -2.31. The van der Waals surface area contributed by atoms with Crippen molar-refractivity contribution in [1.82, 2.24) is 9.29 Å². The number of para-hydroxylation sites is 1. The Morgan fingerprint density at radius 2 is 1.78 bits per heavy atom. The lowest BCUT2D eigenvalue weighted by atomic mass is 10.1. The molecule has 1 N–H and O–H groups in total. The summed E-state index contributed by atoms with van der Waals surface area (Å²) in [6.07, 6.45) is 1.34. The number of aromatic amines is 1. The molecular weight excluding hydrogens is 358 g/mol. The number of benzene rings is 2. The van der Waals surface area contributed by atoms with E-state index in [1.165, 1.54) is 10.7 Å². The van der Waals surface area contributed by atoms with Crippen molar-refractivity contribution in [3.05, 3.63) is 48.5 Å². The van der Waals surface area contributed by atoms with Gasteiger partial charge in [0.1, 0.15) is 0 Å². The van der Waals surface area contributed by atoms with Gasteiger partial charge in [-0.15, -0.1) is 0 Å². The molecule has 5 rings (SSSR count). The highest BCUT2D eigenvalue weighted by atomic mass is 32.2. The van der Waals surface area contributed by atoms with Gasteiger partial charge < -0.3 is 9.88 Å². The molecule has 2 fully saturated rings. The summed E-state index contributed by atoms with van der Waals surface area (Å²) in [5, 5.41) is 1.13. The average Bonchev–Trinajstić information content (AvgIpc) is 3.07. The number of hydrogen-bond acceptors (Lipinski definition) is 3. The highest BCUT2D eigenvalue weighted by molar-refractivity contribution is 7.89. The van der Waals surface area contributed by atoms with Gasteiger partial charge in [0.15, 0.2) is 0 Å². The summed E-state index contributed by atoms with van der Waals surface area (Å²) >= 11 is 0. The molecule has 27 heavy (non-hydrogen) atoms. The fourth-order valence-corrected chi connectivity index (χ4v) is 5.12. The van der Waals surface area contributed by atoms with Crippen LogP contribution in [0.3, 0.4) is 0 Å². The van der Waals surface area contributed by atoms with Crippen molar-refractivity contribution >= 4 is 26.6 Å². The van der Waals surface area contributed by atoms with E-state index >= 15 is 0 Å². The van der Waals surface area contributed by atoms with Gasteiger partial charge in [-0.3, -0.25) is 0 Å². The number of nitrogens with one attached hydrogen (secondary N) is 1. The van der Waals surface area contributed by atoms with Crippen molar-refractivity contribution < 1.29 is 8.42 Å². The number of sulfonamides is 1. The number of hydrogen-bond donors (Lipinski definition) is 1. The third kappa shape index (κ3) is 2.75. The number of nitrogens with zero attached hydrogens (tertiary/aromatic N) is 2. The van der Waals surface area contributed by atoms with Gasteiger partial charge in [0.05, 0.1) is 4.90 Å². The van der Waals surface area contributed by atoms with Gasteiger partial charge in [-0.1, -0.05) is 18.2 Å². The number of H-pyrrole nitrogens is 1. The summed E-state index contributed by atoms with van der Waals surface area (Å²) in [6.45, 7) is 2.13. The van der Waals surface area contributed by atoms with E-state index in [1.807, 2.05) is 30.3 Å². The molecule has 1 aliphatic heterocycles. The maximum Gasteiger partial charge on any atom is 0.242 e. The van der Waals surface area contributed by atoms with Crippen LogP contribution in [-0.2, 0) is 10.0 Å². The normalized spacial score (nSPS) is 21.8. The molecule has 2 unspecified atom stereocenters. The minimum atomic E-state index is -3.48. The summed E-state index contributed by atoms with van der Waals surface area (Å²) in [7, 11) is -0.340. The molecule has 1 saturated carbocycles. The summed E-state index contributed by atoms with van der Waals surface area (Å²) in [5.41, 5.74) is 4.09. The van der Waals surface area contributed by atoms with Crippen LogP contribution in [0.1, 0.15) is 6.42 Å². The van der Waals surface area contributed by atoms with Crippen LogP contribution >= 0.6 is 0 Å². The van der Waals surface area contributed by atoms with Crippen molar-refractivity contribution in [3.63, 3.8) is 0 Å². The first-order chi connectivity index (χ1) is 12.9. The van der Waals surface area contributed by atoms with E-state index in [-0.39, 0.29) is 0 Å². The van der Waals surface area contributed by atoms with Gasteiger partial charge in [-0.2, -0.15) is 0 Å². The number of aromatic nitrogens is 1. The first kappa shape index (κ1) is 16.8. The Morgan fingerprint density at radius 1 is 1.04 bits per heavy atom. The molecule has 0 spiro atoms. The Labute approximate surface area is 159 Å². The zero-order chi connectivity index (χ0) is 18.8. The molecule has 1 saturated heterocycles. The second-order valence-electron chi connectivity index (χ2n) is 7.90. The van der Waals surface area contributed by atoms with E-state index in [1.54, 1.807) is 20.2 Å². The van der Waals surface area contributed by atoms with E-state index < -0.39 is 10.0 Å². The highest BCUT2D eigenvalue weighted by Gasteiger charge is 2.45. The van der Waals surface area contributed by atoms with Crippen LogP contribution in [0.2, 0.25) is 0 Å². The van der Waals surface area contributed by atoms with E-state index in [2.05, 4.69) is 22.0 Å². The Kier molecular flexibility index (Phi) is 3.64. The molecule has 2 atom stereocenters. The van der Waals surface area contributed by atoms with E-state index in [9.17, 15) is 8.42 Å². The Balaban J connectivity index is 1.67. The zero-order valence-corrected chi connectivity index (χ0v) is 16.3. The van der Waals surface area contributed by atoms with Crippen LogP contribution in [0, 0.1) is 11.8 Å². The number of piperidine rings is 1. The number of anilines is 1. The van der Waals surface area contributed by atoms with Crippen LogP contribution in [0.15, 0.2) is 53.4 Å². The van der Waals surface area contributed by atoms with Crippen LogP contribution in [0.5, 0.6) is 0 Å². The molecule has 0 amide bonds. The summed E-state index contributed by atoms with van der Waals surface area (Å²) < 4.78 is 26.6. The quantitative estimate of drug-likeness (QED) is 0.752. The summed E-state index contributed by atoms with van der Waals surface area (Å²) in [6, 6.07) is 15.8. The number of fused-ring (bicyclic) bond motifs is 2. The van der Waals surface area contributed by atoms with Gasteiger partial charge >= 0.3 is 0 Å². The van der Waals surface area contributed by atoms with Gasteiger partial charge in [0.25, 0.3) is 0 Å². The zero-order valence-electron chi connectivity index (χ0n) is 15.5. The molecule has 2 heterocycles. The van der Waals surface area contributed by atoms with Crippen molar-refractivity contribution in [1.29, 1.82) is 0 Å². The molecular formula is C21H23N3O2S. The average molecular weight is 382 g/mol. The third-order valence-corrected chi connectivity index (χ3v) is 7.70. The predicted molar refractivity (Wildman–Crippen MR) is 108 cm³/mol. The molecule has 5 nitrogen and oxygen atoms in total. The predicted octanol–water partition coefficient (Wildman–Crippen LogP) is 3.54. The van der Waals surface area contributed by atoms with E-state index in [0.29, 0.717) is 4.90 Å². The number of rotatable bonds is 4. The monoisotopic (exact) mass is 381 g/mol. The lowest BCUT2D eigenvalue weighted by Gasteiger charge is -2.24. The van der Waals surface area contributed by atoms with Crippen LogP contribution in [0.25, 0.3) is 22.2 Å². The van der Waals surface area contributed by atoms with Crippen molar-refractivity contribution in [2.45, 2.75) is 11.3 Å². The molecule has 3 aromatic rings. The topological polar surface area (TPSA) is 56.4 Å². The molecule has 0 bridgehead atoms. The molecule has 0 radical (unpaired) electrons. The first-order valence-electron chi connectivity index (χ1n) is 9.33. The van der Waals surface area contributed by atoms with Crippen molar-refractivity contribution in [3.8, 4) is 11.3 Å². The minimum absolute atomic E-state index is 0.328. The highest BCUT2D eigenvalue weighted by Crippen LogP contribution is 2.48. The molecule has 2 aliphatic rings. The van der Waals surface area contributed by atoms with Gasteiger partial charge in [-0.05, 0) is 48.6 Å². The third-order valence-electron chi connectivity index (χ3n) is 5.89. The Morgan fingerprint density at radius 3 is 2.48 bits per heavy atom. The SMILES string of the molecule is CN(C)S(=O)(=O)c1ccc(N2CC3CC3C2)c(-c2cc3ccccc3[nH]2)c1. The van der Waals surface area contributed by atoms with Crippen molar-refractivity contribution in [2.24, 2.45) is 11.8 Å². The Bertz CT molecular complexity index is 1090. The van der Waals surface area contributed by atoms with Gasteiger partial charge in [0, 0.05) is 55.0 Å². The lowest BCUT2D eigenvalue weighted by molar-refractivity contribution is 0.521. The van der Waals surface area contributed by atoms with Crippen LogP contribution in [0.4, 0.5) is 5.69 Å². The molecule has 6 heteroatoms. The van der Waals surface area contributed by atoms with E-state index in [0.717, 1.165) is 52.8 Å². The van der Waals surface area contributed by atoms with Crippen LogP contribution in [-0.4, -0.2) is 44.9 Å². The lowest BCUT2D eigenvalue weighted by Crippen LogP contribution is -2.24. The van der Waals surface area contributed by atoms with Gasteiger partial charge in [0.2, 0.25) is 10.0 Å². The molecule has 140 valence electrons. The van der Waals surface area contributed by atoms with E-state index in [4.69, 9.17) is 0 Å². The van der Waals surface area contributed by atoms with Gasteiger partial charge in [-0.25, -0.2) is 12.7 Å². The van der Waals surface area contributed by atoms with Crippen LogP contribution < -0.4 is 4.90 Å². The smallest absolute Gasteiger partial charge is 0.242 e. The molecule has 1 aromatic heterocycles. The second-order valence-corrected chi connectivity index (χ2v) is 10.0. The molecule has 2 aromatic carbocycles. The molecule has 1 aliphatic carbocycles. The first-order valence-corrected chi connectivity index (χ1v) is 10.8. The fourth-order valence-electron chi connectivity index (χ4n) is 4.19.